The van der Waals surface area contributed by atoms with Gasteiger partial charge in [-0.25, -0.2) is 8.78 Å². The third-order valence-electron chi connectivity index (χ3n) is 2.50. The lowest BCUT2D eigenvalue weighted by molar-refractivity contribution is 0.141. The number of hydrogen-bond donors (Lipinski definition) is 1. The Kier molecular flexibility index (Phi) is 10.4. The monoisotopic (exact) mass is 352 g/mol. The van der Waals surface area contributed by atoms with Crippen molar-refractivity contribution in [2.75, 3.05) is 0 Å². The molecule has 132 valence electrons. The predicted octanol–water partition coefficient (Wildman–Crippen LogP) is 4.45. The molecule has 1 N–H and O–H groups in total. The Morgan fingerprint density at radius 3 is 1.73 bits per heavy atom. The van der Waals surface area contributed by atoms with Crippen LogP contribution in [0.5, 0.6) is 0 Å². The van der Waals surface area contributed by atoms with Gasteiger partial charge in [0.05, 0.1) is 12.1 Å². The first-order chi connectivity index (χ1) is 12.2. The summed E-state index contributed by atoms with van der Waals surface area (Å²) in [6.45, 7) is 2.88. The smallest absolute Gasteiger partial charge is 0.145 e. The zero-order valence-electron chi connectivity index (χ0n) is 14.4. The summed E-state index contributed by atoms with van der Waals surface area (Å²) in [6, 6.07) is 15.3. The molecule has 0 aliphatic heterocycles. The molecule has 0 aliphatic rings. The molecule has 26 heavy (non-hydrogen) atoms. The molecule has 0 radical (unpaired) electrons. The Morgan fingerprint density at radius 2 is 1.38 bits per heavy atom. The summed E-state index contributed by atoms with van der Waals surface area (Å²) in [5.74, 6) is 1.87. The van der Waals surface area contributed by atoms with E-state index in [1.807, 2.05) is 6.07 Å². The number of halogens is 2. The molecule has 2 aromatic rings. The van der Waals surface area contributed by atoms with Crippen molar-refractivity contribution in [3.05, 3.63) is 77.4 Å². The molecular formula is C21H18F2N2O. The van der Waals surface area contributed by atoms with Crippen LogP contribution in [-0.4, -0.2) is 10.7 Å². The molecule has 0 unspecified atom stereocenters. The van der Waals surface area contributed by atoms with E-state index in [0.29, 0.717) is 5.56 Å². The van der Waals surface area contributed by atoms with Crippen LogP contribution in [0.2, 0.25) is 0 Å². The largest absolute Gasteiger partial charge is 0.376 e. The molecule has 3 nitrogen and oxygen atoms in total. The highest BCUT2D eigenvalue weighted by Crippen LogP contribution is 2.03. The van der Waals surface area contributed by atoms with E-state index in [-0.39, 0.29) is 11.6 Å². The van der Waals surface area contributed by atoms with Gasteiger partial charge in [-0.15, -0.1) is 6.42 Å². The van der Waals surface area contributed by atoms with E-state index >= 15 is 0 Å². The highest BCUT2D eigenvalue weighted by Gasteiger charge is 2.07. The van der Waals surface area contributed by atoms with Crippen LogP contribution in [0.3, 0.4) is 0 Å². The van der Waals surface area contributed by atoms with Crippen molar-refractivity contribution in [1.29, 1.82) is 10.5 Å². The zero-order chi connectivity index (χ0) is 20.0. The summed E-state index contributed by atoms with van der Waals surface area (Å²) in [4.78, 5) is 0. The van der Waals surface area contributed by atoms with Crippen molar-refractivity contribution < 1.29 is 13.9 Å². The summed E-state index contributed by atoms with van der Waals surface area (Å²) in [5.41, 5.74) is 0.379. The highest BCUT2D eigenvalue weighted by atomic mass is 19.1. The molecular weight excluding hydrogens is 334 g/mol. The van der Waals surface area contributed by atoms with Crippen molar-refractivity contribution in [2.45, 2.75) is 19.4 Å². The van der Waals surface area contributed by atoms with Crippen LogP contribution in [-0.2, 0) is 0 Å². The quantitative estimate of drug-likeness (QED) is 0.468. The van der Waals surface area contributed by atoms with Gasteiger partial charge in [-0.3, -0.25) is 0 Å². The fourth-order valence-corrected chi connectivity index (χ4v) is 1.25. The summed E-state index contributed by atoms with van der Waals surface area (Å²) >= 11 is 0. The molecule has 2 rings (SSSR count). The lowest BCUT2D eigenvalue weighted by Crippen LogP contribution is -2.13. The minimum atomic E-state index is -1.15. The standard InChI is InChI=1S/C9H6FN.C8H5F.C4H7NO/c10-9-5-3-8(4-6-9)2-1-7-11;1-2-7-3-5-8(9)6-4-7;1-4(2,6)3-5/h1-6H;1,3-6H;6H,1-2H3/b2-1+;;. The van der Waals surface area contributed by atoms with Crippen LogP contribution in [0, 0.1) is 46.6 Å². The number of aliphatic hydroxyl groups is 1. The van der Waals surface area contributed by atoms with Gasteiger partial charge in [-0.05, 0) is 61.9 Å². The van der Waals surface area contributed by atoms with Crippen molar-refractivity contribution >= 4 is 6.08 Å². The first kappa shape index (κ1) is 22.5. The van der Waals surface area contributed by atoms with Crippen molar-refractivity contribution in [3.63, 3.8) is 0 Å². The second-order valence-electron chi connectivity index (χ2n) is 5.34. The maximum absolute atomic E-state index is 12.3. The van der Waals surface area contributed by atoms with Gasteiger partial charge < -0.3 is 5.11 Å². The molecule has 5 heteroatoms. The van der Waals surface area contributed by atoms with E-state index in [2.05, 4.69) is 5.92 Å². The average Bonchev–Trinajstić information content (AvgIpc) is 2.62. The van der Waals surface area contributed by atoms with Crippen molar-refractivity contribution in [2.24, 2.45) is 0 Å². The van der Waals surface area contributed by atoms with E-state index < -0.39 is 5.60 Å². The molecule has 2 aromatic carbocycles. The summed E-state index contributed by atoms with van der Waals surface area (Å²) < 4.78 is 24.5. The van der Waals surface area contributed by atoms with E-state index in [9.17, 15) is 8.78 Å². The number of nitriles is 2. The van der Waals surface area contributed by atoms with E-state index in [1.54, 1.807) is 36.4 Å². The Morgan fingerprint density at radius 1 is 0.962 bits per heavy atom. The number of terminal acetylenes is 1. The van der Waals surface area contributed by atoms with E-state index in [1.165, 1.54) is 44.2 Å². The van der Waals surface area contributed by atoms with Crippen LogP contribution in [0.4, 0.5) is 8.78 Å². The number of allylic oxidation sites excluding steroid dienone is 1. The van der Waals surface area contributed by atoms with Gasteiger partial charge in [0.25, 0.3) is 0 Å². The Hall–Kier alpha value is -3.46. The van der Waals surface area contributed by atoms with Crippen LogP contribution in [0.25, 0.3) is 6.08 Å². The molecule has 0 atom stereocenters. The van der Waals surface area contributed by atoms with Crippen LogP contribution in [0.1, 0.15) is 25.0 Å². The fourth-order valence-electron chi connectivity index (χ4n) is 1.25. The van der Waals surface area contributed by atoms with Crippen LogP contribution < -0.4 is 0 Å². The average molecular weight is 352 g/mol. The van der Waals surface area contributed by atoms with Crippen LogP contribution in [0.15, 0.2) is 54.6 Å². The third kappa shape index (κ3) is 12.0. The molecule has 0 bridgehead atoms. The van der Waals surface area contributed by atoms with Gasteiger partial charge in [-0.1, -0.05) is 18.1 Å². The first-order valence-corrected chi connectivity index (χ1v) is 7.39. The van der Waals surface area contributed by atoms with Crippen LogP contribution >= 0.6 is 0 Å². The van der Waals surface area contributed by atoms with Gasteiger partial charge in [0, 0.05) is 11.6 Å². The van der Waals surface area contributed by atoms with Gasteiger partial charge in [0.15, 0.2) is 0 Å². The van der Waals surface area contributed by atoms with E-state index in [0.717, 1.165) is 5.56 Å². The molecule has 0 saturated carbocycles. The maximum Gasteiger partial charge on any atom is 0.145 e. The predicted molar refractivity (Wildman–Crippen MR) is 97.3 cm³/mol. The Bertz CT molecular complexity index is 813. The third-order valence-corrected chi connectivity index (χ3v) is 2.50. The van der Waals surface area contributed by atoms with Crippen molar-refractivity contribution in [3.8, 4) is 24.5 Å². The van der Waals surface area contributed by atoms with Crippen molar-refractivity contribution in [1.82, 2.24) is 0 Å². The maximum atomic E-state index is 12.3. The molecule has 0 aromatic heterocycles. The number of benzene rings is 2. The lowest BCUT2D eigenvalue weighted by atomic mass is 10.2. The highest BCUT2D eigenvalue weighted by molar-refractivity contribution is 5.51. The minimum Gasteiger partial charge on any atom is -0.376 e. The van der Waals surface area contributed by atoms with Gasteiger partial charge in [0.1, 0.15) is 17.2 Å². The summed E-state index contributed by atoms with van der Waals surface area (Å²) in [7, 11) is 0. The number of hydrogen-bond acceptors (Lipinski definition) is 3. The topological polar surface area (TPSA) is 67.8 Å². The molecule has 0 fully saturated rings. The first-order valence-electron chi connectivity index (χ1n) is 7.39. The molecule has 0 spiro atoms. The minimum absolute atomic E-state index is 0.256. The van der Waals surface area contributed by atoms with Gasteiger partial charge in [-0.2, -0.15) is 10.5 Å². The van der Waals surface area contributed by atoms with Gasteiger partial charge in [0.2, 0.25) is 0 Å². The second kappa shape index (κ2) is 12.0. The lowest BCUT2D eigenvalue weighted by Gasteiger charge is -2.00. The fraction of sp³-hybridized carbons (Fsp3) is 0.143. The summed E-state index contributed by atoms with van der Waals surface area (Å²) in [5, 5.41) is 24.5. The number of nitrogens with zero attached hydrogens (tertiary/aromatic N) is 2. The second-order valence-corrected chi connectivity index (χ2v) is 5.34. The molecule has 0 amide bonds. The molecule has 0 saturated heterocycles. The normalized spacial score (nSPS) is 9.46. The zero-order valence-corrected chi connectivity index (χ0v) is 14.4. The number of rotatable bonds is 1. The van der Waals surface area contributed by atoms with E-state index in [4.69, 9.17) is 22.1 Å². The van der Waals surface area contributed by atoms with Gasteiger partial charge >= 0.3 is 0 Å². The Balaban J connectivity index is 0.000000378. The summed E-state index contributed by atoms with van der Waals surface area (Å²) in [6.07, 6.45) is 8.01. The SMILES string of the molecule is C#Cc1ccc(F)cc1.CC(C)(O)C#N.N#C/C=C/c1ccc(F)cc1. The Labute approximate surface area is 152 Å². The molecule has 0 heterocycles. The molecule has 0 aliphatic carbocycles.